The van der Waals surface area contributed by atoms with Crippen LogP contribution in [0.2, 0.25) is 0 Å². The summed E-state index contributed by atoms with van der Waals surface area (Å²) in [6.07, 6.45) is 0. The highest BCUT2D eigenvalue weighted by Crippen LogP contribution is 1.76. The van der Waals surface area contributed by atoms with E-state index >= 15 is 0 Å². The predicted octanol–water partition coefficient (Wildman–Crippen LogP) is 0.0838. The molecule has 0 rings (SSSR count). The summed E-state index contributed by atoms with van der Waals surface area (Å²) < 4.78 is 4.25. The monoisotopic (exact) mass is 103 g/mol. The minimum Gasteiger partial charge on any atom is -0.464 e. The second-order valence-corrected chi connectivity index (χ2v) is 0.881. The van der Waals surface area contributed by atoms with Gasteiger partial charge in [0.05, 0.1) is 6.61 Å². The van der Waals surface area contributed by atoms with Gasteiger partial charge in [-0.15, -0.1) is 0 Å². The van der Waals surface area contributed by atoms with Crippen molar-refractivity contribution in [3.05, 3.63) is 6.61 Å². The third-order valence-corrected chi connectivity index (χ3v) is 0.392. The lowest BCUT2D eigenvalue weighted by Gasteiger charge is -1.92. The van der Waals surface area contributed by atoms with Gasteiger partial charge in [-0.2, -0.15) is 0 Å². The highest BCUT2D eigenvalue weighted by atomic mass is 16.5. The van der Waals surface area contributed by atoms with Crippen LogP contribution in [0.15, 0.2) is 0 Å². The highest BCUT2D eigenvalue weighted by molar-refractivity contribution is 5.76. The minimum absolute atomic E-state index is 0.301. The fourth-order valence-electron chi connectivity index (χ4n) is 0.180. The van der Waals surface area contributed by atoms with E-state index in [4.69, 9.17) is 5.11 Å². The van der Waals surface area contributed by atoms with Crippen molar-refractivity contribution in [3.8, 4) is 0 Å². The summed E-state index contributed by atoms with van der Waals surface area (Å²) in [6, 6.07) is 0. The van der Waals surface area contributed by atoms with Crippen molar-refractivity contribution in [2.24, 2.45) is 0 Å². The maximum Gasteiger partial charge on any atom is 0.338 e. The van der Waals surface area contributed by atoms with Gasteiger partial charge >= 0.3 is 5.97 Å². The molecule has 0 fully saturated rings. The van der Waals surface area contributed by atoms with Crippen LogP contribution in [0, 0.1) is 6.61 Å². The molecule has 0 aromatic heterocycles. The second-order valence-electron chi connectivity index (χ2n) is 0.881. The Bertz CT molecular complexity index is 60.0. The Balaban J connectivity index is 3.00. The number of aliphatic hydroxyl groups is 1. The molecule has 0 bridgehead atoms. The van der Waals surface area contributed by atoms with Crippen LogP contribution in [0.4, 0.5) is 0 Å². The maximum absolute atomic E-state index is 9.88. The molecule has 1 radical (unpaired) electrons. The first kappa shape index (κ1) is 6.43. The van der Waals surface area contributed by atoms with Gasteiger partial charge in [-0.1, -0.05) is 0 Å². The fourth-order valence-corrected chi connectivity index (χ4v) is 0.180. The second kappa shape index (κ2) is 3.61. The molecule has 0 heterocycles. The Labute approximate surface area is 41.9 Å². The molecule has 41 valence electrons. The summed E-state index contributed by atoms with van der Waals surface area (Å²) in [5.41, 5.74) is 0. The summed E-state index contributed by atoms with van der Waals surface area (Å²) in [6.45, 7) is 2.36. The summed E-state index contributed by atoms with van der Waals surface area (Å²) in [4.78, 5) is 9.88. The summed E-state index contributed by atoms with van der Waals surface area (Å²) in [5, 5.41) is 7.87. The number of esters is 1. The third-order valence-electron chi connectivity index (χ3n) is 0.392. The average molecular weight is 103 g/mol. The van der Waals surface area contributed by atoms with Crippen molar-refractivity contribution >= 4 is 5.97 Å². The molecule has 0 aliphatic carbocycles. The summed E-state index contributed by atoms with van der Waals surface area (Å²) in [7, 11) is 0. The molecular weight excluding hydrogens is 96.0 g/mol. The number of carbonyl (C=O) groups excluding carboxylic acids is 1. The van der Waals surface area contributed by atoms with E-state index in [1.54, 1.807) is 6.92 Å². The molecule has 0 atom stereocenters. The summed E-state index contributed by atoms with van der Waals surface area (Å²) >= 11 is 0. The van der Waals surface area contributed by atoms with Crippen LogP contribution in [0.1, 0.15) is 6.92 Å². The lowest BCUT2D eigenvalue weighted by molar-refractivity contribution is -0.142. The van der Waals surface area contributed by atoms with Crippen molar-refractivity contribution in [3.63, 3.8) is 0 Å². The van der Waals surface area contributed by atoms with E-state index < -0.39 is 5.97 Å². The molecule has 0 saturated heterocycles. The molecule has 0 unspecified atom stereocenters. The first-order valence-corrected chi connectivity index (χ1v) is 1.95. The Morgan fingerprint density at radius 2 is 2.57 bits per heavy atom. The van der Waals surface area contributed by atoms with Crippen LogP contribution < -0.4 is 0 Å². The molecule has 0 amide bonds. The van der Waals surface area contributed by atoms with Crippen LogP contribution in [-0.2, 0) is 9.53 Å². The van der Waals surface area contributed by atoms with Gasteiger partial charge in [0.2, 0.25) is 0 Å². The maximum atomic E-state index is 9.88. The minimum atomic E-state index is -0.692. The van der Waals surface area contributed by atoms with Gasteiger partial charge in [0.15, 0.2) is 6.61 Å². The Morgan fingerprint density at radius 3 is 2.71 bits per heavy atom. The van der Waals surface area contributed by atoms with E-state index in [-0.39, 0.29) is 0 Å². The Morgan fingerprint density at radius 1 is 2.00 bits per heavy atom. The molecule has 0 aliphatic heterocycles. The van der Waals surface area contributed by atoms with E-state index in [9.17, 15) is 4.79 Å². The van der Waals surface area contributed by atoms with Crippen LogP contribution >= 0.6 is 0 Å². The molecule has 0 aromatic carbocycles. The molecule has 0 saturated carbocycles. The molecule has 0 aromatic rings. The molecular formula is C4H7O3. The van der Waals surface area contributed by atoms with Crippen molar-refractivity contribution in [1.82, 2.24) is 0 Å². The van der Waals surface area contributed by atoms with Crippen LogP contribution in [0.3, 0.4) is 0 Å². The van der Waals surface area contributed by atoms with Crippen LogP contribution in [0.25, 0.3) is 0 Å². The van der Waals surface area contributed by atoms with Crippen molar-refractivity contribution in [2.75, 3.05) is 6.61 Å². The number of carbonyl (C=O) groups is 1. The number of ether oxygens (including phenoxy) is 1. The normalized spacial score (nSPS) is 8.29. The van der Waals surface area contributed by atoms with Gasteiger partial charge < -0.3 is 9.84 Å². The van der Waals surface area contributed by atoms with E-state index in [0.29, 0.717) is 13.2 Å². The average Bonchev–Trinajstić information content (AvgIpc) is 1.68. The molecule has 7 heavy (non-hydrogen) atoms. The standard InChI is InChI=1S/C4H7O3/c1-2-7-4(6)3-5/h3,5H,2H2,1H3. The first-order chi connectivity index (χ1) is 3.31. The molecule has 0 spiro atoms. The molecule has 3 heteroatoms. The zero-order valence-electron chi connectivity index (χ0n) is 4.05. The SMILES string of the molecule is CCOC(=O)[CH]O. The van der Waals surface area contributed by atoms with Crippen molar-refractivity contribution < 1.29 is 14.6 Å². The van der Waals surface area contributed by atoms with Gasteiger partial charge in [0.1, 0.15) is 0 Å². The number of rotatable bonds is 2. The first-order valence-electron chi connectivity index (χ1n) is 1.95. The Kier molecular flexibility index (Phi) is 3.32. The van der Waals surface area contributed by atoms with E-state index in [1.807, 2.05) is 0 Å². The topological polar surface area (TPSA) is 46.5 Å². The van der Waals surface area contributed by atoms with Crippen molar-refractivity contribution in [1.29, 1.82) is 0 Å². The quantitative estimate of drug-likeness (QED) is 0.503. The van der Waals surface area contributed by atoms with Crippen LogP contribution in [-0.4, -0.2) is 17.7 Å². The van der Waals surface area contributed by atoms with Gasteiger partial charge in [0, 0.05) is 0 Å². The van der Waals surface area contributed by atoms with Gasteiger partial charge in [-0.3, -0.25) is 0 Å². The van der Waals surface area contributed by atoms with Gasteiger partial charge in [-0.05, 0) is 6.92 Å². The summed E-state index contributed by atoms with van der Waals surface area (Å²) in [5.74, 6) is -0.692. The van der Waals surface area contributed by atoms with Crippen LogP contribution in [0.5, 0.6) is 0 Å². The highest BCUT2D eigenvalue weighted by Gasteiger charge is 1.94. The number of aliphatic hydroxyl groups excluding tert-OH is 1. The predicted molar refractivity (Wildman–Crippen MR) is 22.9 cm³/mol. The lowest BCUT2D eigenvalue weighted by Crippen LogP contribution is -2.02. The largest absolute Gasteiger partial charge is 0.464 e. The fraction of sp³-hybridized carbons (Fsp3) is 0.500. The smallest absolute Gasteiger partial charge is 0.338 e. The number of hydrogen-bond donors (Lipinski definition) is 1. The van der Waals surface area contributed by atoms with Crippen molar-refractivity contribution in [2.45, 2.75) is 6.92 Å². The van der Waals surface area contributed by atoms with Gasteiger partial charge in [-0.25, -0.2) is 4.79 Å². The van der Waals surface area contributed by atoms with E-state index in [0.717, 1.165) is 0 Å². The molecule has 0 aliphatic rings. The van der Waals surface area contributed by atoms with E-state index in [2.05, 4.69) is 4.74 Å². The lowest BCUT2D eigenvalue weighted by atomic mass is 10.7. The van der Waals surface area contributed by atoms with E-state index in [1.165, 1.54) is 0 Å². The molecule has 1 N–H and O–H groups in total. The molecule has 3 nitrogen and oxygen atoms in total. The number of hydrogen-bond acceptors (Lipinski definition) is 3. The van der Waals surface area contributed by atoms with Gasteiger partial charge in [0.25, 0.3) is 0 Å². The third kappa shape index (κ3) is 3.26. The zero-order chi connectivity index (χ0) is 5.70. The Hall–Kier alpha value is -0.570. The zero-order valence-corrected chi connectivity index (χ0v) is 4.05.